The quantitative estimate of drug-likeness (QED) is 0.145. The molecule has 0 aliphatic carbocycles. The Hall–Kier alpha value is -7.77. The van der Waals surface area contributed by atoms with E-state index in [1.54, 1.807) is 0 Å². The number of hydrogen-bond acceptors (Lipinski definition) is 5. The van der Waals surface area contributed by atoms with Gasteiger partial charge in [-0.2, -0.15) is 9.97 Å². The molecule has 0 amide bonds. The van der Waals surface area contributed by atoms with Gasteiger partial charge in [0.1, 0.15) is 0 Å². The van der Waals surface area contributed by atoms with Gasteiger partial charge in [-0.25, -0.2) is 15.0 Å². The Bertz CT molecular complexity index is 3140. The molecule has 0 saturated heterocycles. The van der Waals surface area contributed by atoms with Crippen molar-refractivity contribution >= 4 is 49.2 Å². The van der Waals surface area contributed by atoms with Crippen LogP contribution in [0.2, 0.25) is 0 Å². The van der Waals surface area contributed by atoms with Crippen molar-refractivity contribution in [3.05, 3.63) is 194 Å². The molecule has 4 aromatic heterocycles. The molecule has 0 unspecified atom stereocenters. The molecule has 0 fully saturated rings. The maximum absolute atomic E-state index is 5.34. The summed E-state index contributed by atoms with van der Waals surface area (Å²) in [5.74, 6) is 2.24. The highest BCUT2D eigenvalue weighted by molar-refractivity contribution is 6.23. The topological polar surface area (TPSA) is 74.3 Å². The fourth-order valence-corrected chi connectivity index (χ4v) is 7.71. The van der Waals surface area contributed by atoms with E-state index in [2.05, 4.69) is 88.5 Å². The Balaban J connectivity index is 1.36. The van der Waals surface area contributed by atoms with E-state index in [1.165, 1.54) is 0 Å². The predicted octanol–water partition coefficient (Wildman–Crippen LogP) is 12.0. The lowest BCUT2D eigenvalue weighted by Crippen LogP contribution is -2.08. The zero-order chi connectivity index (χ0) is 38.3. The summed E-state index contributed by atoms with van der Waals surface area (Å²) < 4.78 is 4.39. The molecule has 0 aliphatic rings. The summed E-state index contributed by atoms with van der Waals surface area (Å²) in [6.45, 7) is 6.16. The van der Waals surface area contributed by atoms with E-state index in [4.69, 9.17) is 24.9 Å². The van der Waals surface area contributed by atoms with E-state index in [0.29, 0.717) is 23.5 Å². The zero-order valence-corrected chi connectivity index (χ0v) is 31.2. The summed E-state index contributed by atoms with van der Waals surface area (Å²) in [6, 6.07) is 53.8. The van der Waals surface area contributed by atoms with Gasteiger partial charge in [-0.3, -0.25) is 9.13 Å². The van der Waals surface area contributed by atoms with Crippen molar-refractivity contribution in [2.75, 3.05) is 0 Å². The van der Waals surface area contributed by atoms with Crippen molar-refractivity contribution in [1.82, 2.24) is 34.1 Å². The molecular formula is C50H35N7. The molecule has 10 aromatic rings. The molecule has 0 bridgehead atoms. The summed E-state index contributed by atoms with van der Waals surface area (Å²) >= 11 is 0. The second-order valence-electron chi connectivity index (χ2n) is 13.7. The Morgan fingerprint density at radius 2 is 0.965 bits per heavy atom. The molecule has 4 heterocycles. The third-order valence-corrected chi connectivity index (χ3v) is 10.3. The first-order valence-electron chi connectivity index (χ1n) is 18.9. The van der Waals surface area contributed by atoms with Crippen LogP contribution in [0.5, 0.6) is 0 Å². The SMILES string of the molecule is C=C/C(=C\C=C/C)c1cc(-c2ccccc2)nc(-n2c3ccccc3c3ccc4c5ccccc5n(-c5nc(-c6ccccc6)nc(-c6ccccc6)n5)c4c32)n1. The van der Waals surface area contributed by atoms with Crippen LogP contribution in [-0.2, 0) is 0 Å². The van der Waals surface area contributed by atoms with Crippen LogP contribution < -0.4 is 0 Å². The van der Waals surface area contributed by atoms with Crippen LogP contribution in [0.1, 0.15) is 12.6 Å². The van der Waals surface area contributed by atoms with Gasteiger partial charge in [-0.1, -0.05) is 170 Å². The number of aromatic nitrogens is 7. The van der Waals surface area contributed by atoms with Crippen LogP contribution in [0, 0.1) is 0 Å². The standard InChI is InChI=1S/C50H35N7/c1-3-5-19-33(4-2)41-32-42(34-20-9-6-10-21-34)52-49(51-41)56-43-28-17-15-26-37(43)39-30-31-40-38-27-16-18-29-44(38)57(46(40)45(39)56)50-54-47(35-22-11-7-12-23-35)53-48(55-50)36-24-13-8-14-25-36/h3-32H,2H2,1H3/b5-3-,33-19+. The maximum Gasteiger partial charge on any atom is 0.238 e. The zero-order valence-electron chi connectivity index (χ0n) is 31.2. The van der Waals surface area contributed by atoms with E-state index in [9.17, 15) is 0 Å². The van der Waals surface area contributed by atoms with Crippen molar-refractivity contribution in [1.29, 1.82) is 0 Å². The lowest BCUT2D eigenvalue weighted by atomic mass is 10.1. The molecule has 57 heavy (non-hydrogen) atoms. The minimum absolute atomic E-state index is 0.515. The van der Waals surface area contributed by atoms with Gasteiger partial charge in [0.15, 0.2) is 11.6 Å². The van der Waals surface area contributed by atoms with E-state index >= 15 is 0 Å². The van der Waals surface area contributed by atoms with Gasteiger partial charge in [0.2, 0.25) is 11.9 Å². The lowest BCUT2D eigenvalue weighted by molar-refractivity contribution is 0.948. The second-order valence-corrected chi connectivity index (χ2v) is 13.7. The number of allylic oxidation sites excluding steroid dienone is 5. The van der Waals surface area contributed by atoms with Crippen LogP contribution in [0.4, 0.5) is 0 Å². The monoisotopic (exact) mass is 733 g/mol. The number of benzene rings is 6. The van der Waals surface area contributed by atoms with Crippen molar-refractivity contribution in [3.8, 4) is 45.9 Å². The van der Waals surface area contributed by atoms with Gasteiger partial charge in [0.05, 0.1) is 33.5 Å². The molecule has 0 atom stereocenters. The number of para-hydroxylation sites is 2. The Morgan fingerprint density at radius 1 is 0.491 bits per heavy atom. The predicted molar refractivity (Wildman–Crippen MR) is 233 cm³/mol. The summed E-state index contributed by atoms with van der Waals surface area (Å²) in [5, 5.41) is 4.29. The Kier molecular flexibility index (Phi) is 8.38. The number of nitrogens with zero attached hydrogens (tertiary/aromatic N) is 7. The minimum Gasteiger partial charge on any atom is -0.276 e. The molecule has 0 saturated carbocycles. The van der Waals surface area contributed by atoms with Gasteiger partial charge in [-0.05, 0) is 30.7 Å². The highest BCUT2D eigenvalue weighted by atomic mass is 15.2. The van der Waals surface area contributed by atoms with Gasteiger partial charge >= 0.3 is 0 Å². The highest BCUT2D eigenvalue weighted by Gasteiger charge is 2.25. The summed E-state index contributed by atoms with van der Waals surface area (Å²) in [6.07, 6.45) is 7.88. The fraction of sp³-hybridized carbons (Fsp3) is 0.0200. The highest BCUT2D eigenvalue weighted by Crippen LogP contribution is 2.41. The third kappa shape index (κ3) is 5.81. The lowest BCUT2D eigenvalue weighted by Gasteiger charge is -2.14. The minimum atomic E-state index is 0.515. The van der Waals surface area contributed by atoms with Gasteiger partial charge in [-0.15, -0.1) is 0 Å². The molecule has 7 nitrogen and oxygen atoms in total. The van der Waals surface area contributed by atoms with Crippen LogP contribution >= 0.6 is 0 Å². The number of fused-ring (bicyclic) bond motifs is 7. The average Bonchev–Trinajstić information content (AvgIpc) is 3.80. The van der Waals surface area contributed by atoms with E-state index < -0.39 is 0 Å². The fourth-order valence-electron chi connectivity index (χ4n) is 7.71. The van der Waals surface area contributed by atoms with Crippen molar-refractivity contribution < 1.29 is 0 Å². The molecule has 0 radical (unpaired) electrons. The number of rotatable bonds is 8. The van der Waals surface area contributed by atoms with Gasteiger partial charge < -0.3 is 0 Å². The van der Waals surface area contributed by atoms with Crippen molar-refractivity contribution in [3.63, 3.8) is 0 Å². The van der Waals surface area contributed by atoms with E-state index in [0.717, 1.165) is 77.3 Å². The summed E-state index contributed by atoms with van der Waals surface area (Å²) in [4.78, 5) is 26.2. The molecule has 270 valence electrons. The van der Waals surface area contributed by atoms with Gasteiger partial charge in [0.25, 0.3) is 0 Å². The van der Waals surface area contributed by atoms with Crippen LogP contribution in [0.3, 0.4) is 0 Å². The smallest absolute Gasteiger partial charge is 0.238 e. The molecular weight excluding hydrogens is 699 g/mol. The van der Waals surface area contributed by atoms with E-state index in [1.807, 2.05) is 116 Å². The first kappa shape index (κ1) is 33.8. The summed E-state index contributed by atoms with van der Waals surface area (Å²) in [7, 11) is 0. The average molecular weight is 734 g/mol. The molecule has 10 rings (SSSR count). The Labute approximate surface area is 329 Å². The second kappa shape index (κ2) is 14.1. The maximum atomic E-state index is 5.34. The molecule has 7 heteroatoms. The van der Waals surface area contributed by atoms with Crippen molar-refractivity contribution in [2.24, 2.45) is 0 Å². The largest absolute Gasteiger partial charge is 0.276 e. The van der Waals surface area contributed by atoms with Crippen molar-refractivity contribution in [2.45, 2.75) is 6.92 Å². The van der Waals surface area contributed by atoms with Gasteiger partial charge in [0, 0.05) is 38.2 Å². The first-order valence-corrected chi connectivity index (χ1v) is 18.9. The molecule has 6 aromatic carbocycles. The molecule has 0 N–H and O–H groups in total. The van der Waals surface area contributed by atoms with Crippen LogP contribution in [0.25, 0.3) is 95.1 Å². The third-order valence-electron chi connectivity index (χ3n) is 10.3. The van der Waals surface area contributed by atoms with Crippen LogP contribution in [0.15, 0.2) is 189 Å². The Morgan fingerprint density at radius 3 is 1.47 bits per heavy atom. The number of hydrogen-bond donors (Lipinski definition) is 0. The normalized spacial score (nSPS) is 12.1. The first-order chi connectivity index (χ1) is 28.2. The molecule has 0 spiro atoms. The summed E-state index contributed by atoms with van der Waals surface area (Å²) in [5.41, 5.74) is 9.11. The van der Waals surface area contributed by atoms with E-state index in [-0.39, 0.29) is 0 Å². The molecule has 0 aliphatic heterocycles. The van der Waals surface area contributed by atoms with Crippen LogP contribution in [-0.4, -0.2) is 34.1 Å².